The van der Waals surface area contributed by atoms with Crippen molar-refractivity contribution in [2.24, 2.45) is 0 Å². The highest BCUT2D eigenvalue weighted by Gasteiger charge is 2.11. The van der Waals surface area contributed by atoms with E-state index < -0.39 is 0 Å². The van der Waals surface area contributed by atoms with Crippen molar-refractivity contribution in [3.05, 3.63) is 34.9 Å². The number of benzene rings is 1. The number of ether oxygens (including phenoxy) is 1. The van der Waals surface area contributed by atoms with Gasteiger partial charge in [-0.15, -0.1) is 0 Å². The van der Waals surface area contributed by atoms with Gasteiger partial charge >= 0.3 is 0 Å². The van der Waals surface area contributed by atoms with Gasteiger partial charge in [0.2, 0.25) is 0 Å². The normalized spacial score (nSPS) is 12.7. The largest absolute Gasteiger partial charge is 0.382 e. The summed E-state index contributed by atoms with van der Waals surface area (Å²) in [5.41, 5.74) is 1.17. The summed E-state index contributed by atoms with van der Waals surface area (Å²) in [5, 5.41) is 4.13. The second-order valence-corrected chi connectivity index (χ2v) is 4.11. The fourth-order valence-corrected chi connectivity index (χ4v) is 2.01. The standard InChI is InChI=1S/C13H20ClNO/c1-3-16-10-6-9-13(15-2)11-7-4-5-8-12(11)14/h4-5,7-8,13,15H,3,6,9-10H2,1-2H3. The lowest BCUT2D eigenvalue weighted by Gasteiger charge is -2.17. The minimum atomic E-state index is 0.314. The highest BCUT2D eigenvalue weighted by atomic mass is 35.5. The van der Waals surface area contributed by atoms with Gasteiger partial charge in [0.1, 0.15) is 0 Å². The third-order valence-corrected chi connectivity index (χ3v) is 2.96. The molecule has 1 N–H and O–H groups in total. The van der Waals surface area contributed by atoms with Crippen molar-refractivity contribution in [3.8, 4) is 0 Å². The van der Waals surface area contributed by atoms with E-state index >= 15 is 0 Å². The second-order valence-electron chi connectivity index (χ2n) is 3.70. The van der Waals surface area contributed by atoms with Crippen molar-refractivity contribution in [1.29, 1.82) is 0 Å². The number of nitrogens with one attached hydrogen (secondary N) is 1. The summed E-state index contributed by atoms with van der Waals surface area (Å²) < 4.78 is 5.33. The second kappa shape index (κ2) is 7.66. The zero-order chi connectivity index (χ0) is 11.8. The molecule has 90 valence electrons. The molecule has 0 aromatic heterocycles. The first-order valence-electron chi connectivity index (χ1n) is 5.79. The van der Waals surface area contributed by atoms with Crippen LogP contribution in [-0.4, -0.2) is 20.3 Å². The number of hydrogen-bond acceptors (Lipinski definition) is 2. The summed E-state index contributed by atoms with van der Waals surface area (Å²) >= 11 is 6.17. The maximum Gasteiger partial charge on any atom is 0.0466 e. The van der Waals surface area contributed by atoms with Crippen LogP contribution in [0.4, 0.5) is 0 Å². The van der Waals surface area contributed by atoms with Gasteiger partial charge in [-0.05, 0) is 38.4 Å². The molecule has 1 atom stereocenters. The monoisotopic (exact) mass is 241 g/mol. The minimum Gasteiger partial charge on any atom is -0.382 e. The van der Waals surface area contributed by atoms with Crippen LogP contribution in [0, 0.1) is 0 Å². The van der Waals surface area contributed by atoms with Gasteiger partial charge in [0.25, 0.3) is 0 Å². The van der Waals surface area contributed by atoms with Crippen LogP contribution in [0.1, 0.15) is 31.4 Å². The Morgan fingerprint density at radius 1 is 1.38 bits per heavy atom. The third kappa shape index (κ3) is 4.12. The molecule has 0 aliphatic carbocycles. The van der Waals surface area contributed by atoms with Gasteiger partial charge < -0.3 is 10.1 Å². The Labute approximate surface area is 103 Å². The topological polar surface area (TPSA) is 21.3 Å². The van der Waals surface area contributed by atoms with E-state index in [9.17, 15) is 0 Å². The van der Waals surface area contributed by atoms with Crippen LogP contribution < -0.4 is 5.32 Å². The Hall–Kier alpha value is -0.570. The van der Waals surface area contributed by atoms with Gasteiger partial charge in [-0.1, -0.05) is 29.8 Å². The fourth-order valence-electron chi connectivity index (χ4n) is 1.75. The molecule has 1 aromatic carbocycles. The first kappa shape index (κ1) is 13.5. The Morgan fingerprint density at radius 3 is 2.75 bits per heavy atom. The first-order valence-corrected chi connectivity index (χ1v) is 6.16. The van der Waals surface area contributed by atoms with E-state index in [-0.39, 0.29) is 0 Å². The zero-order valence-electron chi connectivity index (χ0n) is 10.0. The Balaban J connectivity index is 2.51. The number of rotatable bonds is 7. The first-order chi connectivity index (χ1) is 7.79. The van der Waals surface area contributed by atoms with E-state index in [0.717, 1.165) is 31.1 Å². The van der Waals surface area contributed by atoms with Gasteiger partial charge in [0.15, 0.2) is 0 Å². The van der Waals surface area contributed by atoms with E-state index in [1.807, 2.05) is 32.2 Å². The van der Waals surface area contributed by atoms with Crippen LogP contribution in [0.25, 0.3) is 0 Å². The van der Waals surface area contributed by atoms with Crippen LogP contribution >= 0.6 is 11.6 Å². The molecule has 0 saturated carbocycles. The summed E-state index contributed by atoms with van der Waals surface area (Å²) in [5.74, 6) is 0. The van der Waals surface area contributed by atoms with E-state index in [0.29, 0.717) is 6.04 Å². The maximum atomic E-state index is 6.17. The van der Waals surface area contributed by atoms with Gasteiger partial charge in [-0.25, -0.2) is 0 Å². The molecule has 0 amide bonds. The third-order valence-electron chi connectivity index (χ3n) is 2.61. The molecule has 0 spiro atoms. The molecule has 0 radical (unpaired) electrons. The van der Waals surface area contributed by atoms with Crippen molar-refractivity contribution >= 4 is 11.6 Å². The Bertz CT molecular complexity index is 304. The average Bonchev–Trinajstić information content (AvgIpc) is 2.31. The highest BCUT2D eigenvalue weighted by molar-refractivity contribution is 6.31. The molecule has 16 heavy (non-hydrogen) atoms. The predicted molar refractivity (Wildman–Crippen MR) is 69.0 cm³/mol. The van der Waals surface area contributed by atoms with Gasteiger partial charge in [0, 0.05) is 24.3 Å². The van der Waals surface area contributed by atoms with Crippen LogP contribution in [-0.2, 0) is 4.74 Å². The smallest absolute Gasteiger partial charge is 0.0466 e. The fraction of sp³-hybridized carbons (Fsp3) is 0.538. The lowest BCUT2D eigenvalue weighted by Crippen LogP contribution is -2.17. The summed E-state index contributed by atoms with van der Waals surface area (Å²) in [6, 6.07) is 8.30. The molecule has 0 bridgehead atoms. The van der Waals surface area contributed by atoms with Gasteiger partial charge in [-0.2, -0.15) is 0 Å². The van der Waals surface area contributed by atoms with E-state index in [1.165, 1.54) is 5.56 Å². The van der Waals surface area contributed by atoms with Crippen LogP contribution in [0.2, 0.25) is 5.02 Å². The lowest BCUT2D eigenvalue weighted by atomic mass is 10.0. The van der Waals surface area contributed by atoms with Crippen molar-refractivity contribution in [2.45, 2.75) is 25.8 Å². The molecule has 0 aliphatic rings. The van der Waals surface area contributed by atoms with Crippen molar-refractivity contribution in [1.82, 2.24) is 5.32 Å². The van der Waals surface area contributed by atoms with Gasteiger partial charge in [0.05, 0.1) is 0 Å². The maximum absolute atomic E-state index is 6.17. The molecule has 0 saturated heterocycles. The molecule has 3 heteroatoms. The molecule has 1 rings (SSSR count). The predicted octanol–water partition coefficient (Wildman–Crippen LogP) is 3.42. The summed E-state index contributed by atoms with van der Waals surface area (Å²) in [7, 11) is 1.97. The van der Waals surface area contributed by atoms with E-state index in [1.54, 1.807) is 0 Å². The summed E-state index contributed by atoms with van der Waals surface area (Å²) in [4.78, 5) is 0. The molecular weight excluding hydrogens is 222 g/mol. The van der Waals surface area contributed by atoms with Crippen molar-refractivity contribution < 1.29 is 4.74 Å². The molecule has 1 aromatic rings. The van der Waals surface area contributed by atoms with Crippen LogP contribution in [0.3, 0.4) is 0 Å². The highest BCUT2D eigenvalue weighted by Crippen LogP contribution is 2.25. The summed E-state index contributed by atoms with van der Waals surface area (Å²) in [6.07, 6.45) is 2.09. The number of hydrogen-bond donors (Lipinski definition) is 1. The molecule has 1 unspecified atom stereocenters. The van der Waals surface area contributed by atoms with E-state index in [4.69, 9.17) is 16.3 Å². The van der Waals surface area contributed by atoms with Crippen LogP contribution in [0.15, 0.2) is 24.3 Å². The zero-order valence-corrected chi connectivity index (χ0v) is 10.8. The minimum absolute atomic E-state index is 0.314. The van der Waals surface area contributed by atoms with Crippen molar-refractivity contribution in [2.75, 3.05) is 20.3 Å². The van der Waals surface area contributed by atoms with Crippen LogP contribution in [0.5, 0.6) is 0 Å². The van der Waals surface area contributed by atoms with Gasteiger partial charge in [-0.3, -0.25) is 0 Å². The molecule has 0 aliphatic heterocycles. The van der Waals surface area contributed by atoms with Crippen molar-refractivity contribution in [3.63, 3.8) is 0 Å². The SMILES string of the molecule is CCOCCCC(NC)c1ccccc1Cl. The molecule has 2 nitrogen and oxygen atoms in total. The Kier molecular flexibility index (Phi) is 6.46. The lowest BCUT2D eigenvalue weighted by molar-refractivity contribution is 0.141. The quantitative estimate of drug-likeness (QED) is 0.739. The summed E-state index contributed by atoms with van der Waals surface area (Å²) in [6.45, 7) is 3.62. The molecular formula is C13H20ClNO. The molecule has 0 fully saturated rings. The molecule has 0 heterocycles. The number of halogens is 1. The average molecular weight is 242 g/mol. The Morgan fingerprint density at radius 2 is 2.12 bits per heavy atom. The van der Waals surface area contributed by atoms with E-state index in [2.05, 4.69) is 11.4 Å².